The third-order valence-corrected chi connectivity index (χ3v) is 8.06. The van der Waals surface area contributed by atoms with Crippen molar-refractivity contribution in [3.8, 4) is 0 Å². The third kappa shape index (κ3) is 13.9. The first-order chi connectivity index (χ1) is 22.8. The van der Waals surface area contributed by atoms with Gasteiger partial charge in [-0.1, -0.05) is 95.0 Å². The molecule has 3 amide bonds. The van der Waals surface area contributed by atoms with Crippen LogP contribution in [0, 0.1) is 19.8 Å². The number of benzene rings is 2. The van der Waals surface area contributed by atoms with Crippen LogP contribution in [-0.4, -0.2) is 58.6 Å². The fourth-order valence-corrected chi connectivity index (χ4v) is 5.73. The highest BCUT2D eigenvalue weighted by Crippen LogP contribution is 2.30. The van der Waals surface area contributed by atoms with Gasteiger partial charge in [0, 0.05) is 13.0 Å². The first-order valence-corrected chi connectivity index (χ1v) is 17.8. The molecule has 0 bridgehead atoms. The van der Waals surface area contributed by atoms with Crippen LogP contribution in [0.4, 0.5) is 4.79 Å². The van der Waals surface area contributed by atoms with E-state index in [2.05, 4.69) is 17.6 Å². The topological polar surface area (TPSA) is 114 Å². The number of hydrogen-bond acceptors (Lipinski definition) is 6. The standard InChI is InChI=1S/C40H61N3O6/c1-12-13-14-15-19-25-43(36(45)33(27(2)3)42-38(47)49-40(9,10)11)34(32-28(4)21-20-22-29(32)5)35(44)41-31(37(46)48-39(6,7)8)26-30-23-17-16-18-24-30/h16-18,20-24,27,31,33-34H,12-15,19,25-26H2,1-11H3,(H,41,44)(H,42,47). The predicted octanol–water partition coefficient (Wildman–Crippen LogP) is 7.76. The van der Waals surface area contributed by atoms with Gasteiger partial charge in [-0.3, -0.25) is 9.59 Å². The van der Waals surface area contributed by atoms with Crippen LogP contribution < -0.4 is 10.6 Å². The van der Waals surface area contributed by atoms with Crippen molar-refractivity contribution in [3.63, 3.8) is 0 Å². The Balaban J connectivity index is 2.68. The average Bonchev–Trinajstić information content (AvgIpc) is 2.98. The first kappa shape index (κ1) is 41.3. The van der Waals surface area contributed by atoms with E-state index in [-0.39, 0.29) is 18.9 Å². The Bertz CT molecular complexity index is 1360. The molecule has 0 saturated heterocycles. The largest absolute Gasteiger partial charge is 0.458 e. The zero-order valence-electron chi connectivity index (χ0n) is 31.8. The van der Waals surface area contributed by atoms with Gasteiger partial charge in [-0.05, 0) is 90.0 Å². The summed E-state index contributed by atoms with van der Waals surface area (Å²) in [4.78, 5) is 57.7. The molecule has 3 unspecified atom stereocenters. The fraction of sp³-hybridized carbons (Fsp3) is 0.600. The SMILES string of the molecule is CCCCCCCN(C(=O)C(NC(=O)OC(C)(C)C)C(C)C)C(C(=O)NC(Cc1ccccc1)C(=O)OC(C)(C)C)c1c(C)cccc1C. The number of unbranched alkanes of at least 4 members (excludes halogenated alkanes) is 4. The summed E-state index contributed by atoms with van der Waals surface area (Å²) >= 11 is 0. The normalized spacial score (nSPS) is 13.6. The van der Waals surface area contributed by atoms with Crippen LogP contribution >= 0.6 is 0 Å². The van der Waals surface area contributed by atoms with Crippen molar-refractivity contribution < 1.29 is 28.7 Å². The van der Waals surface area contributed by atoms with Gasteiger partial charge < -0.3 is 25.0 Å². The summed E-state index contributed by atoms with van der Waals surface area (Å²) in [7, 11) is 0. The molecule has 3 atom stereocenters. The molecule has 0 aliphatic rings. The molecular formula is C40H61N3O6. The van der Waals surface area contributed by atoms with Gasteiger partial charge in [-0.25, -0.2) is 9.59 Å². The quantitative estimate of drug-likeness (QED) is 0.139. The van der Waals surface area contributed by atoms with E-state index in [0.717, 1.165) is 42.4 Å². The maximum absolute atomic E-state index is 14.8. The van der Waals surface area contributed by atoms with E-state index >= 15 is 0 Å². The van der Waals surface area contributed by atoms with Crippen LogP contribution in [-0.2, 0) is 30.3 Å². The van der Waals surface area contributed by atoms with Gasteiger partial charge in [-0.2, -0.15) is 0 Å². The molecule has 9 nitrogen and oxygen atoms in total. The molecule has 272 valence electrons. The molecule has 9 heteroatoms. The molecule has 2 aromatic carbocycles. The predicted molar refractivity (Wildman–Crippen MR) is 195 cm³/mol. The van der Waals surface area contributed by atoms with Crippen LogP contribution in [0.5, 0.6) is 0 Å². The zero-order chi connectivity index (χ0) is 36.9. The highest BCUT2D eigenvalue weighted by molar-refractivity contribution is 5.94. The lowest BCUT2D eigenvalue weighted by molar-refractivity contribution is -0.159. The van der Waals surface area contributed by atoms with E-state index in [9.17, 15) is 19.2 Å². The Morgan fingerprint density at radius 3 is 1.86 bits per heavy atom. The minimum atomic E-state index is -1.08. The first-order valence-electron chi connectivity index (χ1n) is 17.8. The van der Waals surface area contributed by atoms with E-state index in [1.807, 2.05) is 76.2 Å². The van der Waals surface area contributed by atoms with Crippen molar-refractivity contribution in [2.45, 2.75) is 144 Å². The number of alkyl carbamates (subject to hydrolysis) is 1. The van der Waals surface area contributed by atoms with Crippen molar-refractivity contribution in [1.29, 1.82) is 0 Å². The number of amides is 3. The smallest absolute Gasteiger partial charge is 0.408 e. The van der Waals surface area contributed by atoms with E-state index in [4.69, 9.17) is 9.47 Å². The second-order valence-electron chi connectivity index (χ2n) is 15.3. The molecule has 49 heavy (non-hydrogen) atoms. The number of nitrogens with zero attached hydrogens (tertiary/aromatic N) is 1. The number of carbonyl (C=O) groups excluding carboxylic acids is 4. The van der Waals surface area contributed by atoms with E-state index in [1.165, 1.54) is 0 Å². The molecular weight excluding hydrogens is 618 g/mol. The maximum atomic E-state index is 14.8. The van der Waals surface area contributed by atoms with Crippen LogP contribution in [0.3, 0.4) is 0 Å². The summed E-state index contributed by atoms with van der Waals surface area (Å²) in [5.41, 5.74) is 1.67. The van der Waals surface area contributed by atoms with Crippen molar-refractivity contribution in [1.82, 2.24) is 15.5 Å². The Labute approximate surface area is 294 Å². The second kappa shape index (κ2) is 18.8. The molecule has 0 heterocycles. The summed E-state index contributed by atoms with van der Waals surface area (Å²) in [5, 5.41) is 5.81. The van der Waals surface area contributed by atoms with Crippen LogP contribution in [0.1, 0.15) is 123 Å². The number of aryl methyl sites for hydroxylation is 2. The highest BCUT2D eigenvalue weighted by atomic mass is 16.6. The molecule has 2 rings (SSSR count). The summed E-state index contributed by atoms with van der Waals surface area (Å²) in [5.74, 6) is -1.76. The Kier molecular flexibility index (Phi) is 15.8. The molecule has 0 radical (unpaired) electrons. The fourth-order valence-electron chi connectivity index (χ4n) is 5.73. The number of nitrogens with one attached hydrogen (secondary N) is 2. The molecule has 2 aromatic rings. The van der Waals surface area contributed by atoms with Gasteiger partial charge in [0.1, 0.15) is 29.3 Å². The molecule has 0 saturated carbocycles. The summed E-state index contributed by atoms with van der Waals surface area (Å²) < 4.78 is 11.3. The third-order valence-electron chi connectivity index (χ3n) is 8.06. The highest BCUT2D eigenvalue weighted by Gasteiger charge is 2.40. The van der Waals surface area contributed by atoms with Gasteiger partial charge in [0.15, 0.2) is 0 Å². The van der Waals surface area contributed by atoms with Gasteiger partial charge in [0.05, 0.1) is 0 Å². The molecule has 2 N–H and O–H groups in total. The van der Waals surface area contributed by atoms with E-state index < -0.39 is 53.2 Å². The molecule has 0 aromatic heterocycles. The lowest BCUT2D eigenvalue weighted by Crippen LogP contribution is -2.56. The number of carbonyl (C=O) groups is 4. The number of hydrogen-bond donors (Lipinski definition) is 2. The van der Waals surface area contributed by atoms with Gasteiger partial charge in [-0.15, -0.1) is 0 Å². The van der Waals surface area contributed by atoms with E-state index in [0.29, 0.717) is 12.0 Å². The summed E-state index contributed by atoms with van der Waals surface area (Å²) in [6.07, 6.45) is 4.18. The average molecular weight is 680 g/mol. The van der Waals surface area contributed by atoms with Crippen molar-refractivity contribution in [3.05, 3.63) is 70.8 Å². The molecule has 0 aliphatic heterocycles. The maximum Gasteiger partial charge on any atom is 0.408 e. The Morgan fingerprint density at radius 2 is 1.33 bits per heavy atom. The van der Waals surface area contributed by atoms with E-state index in [1.54, 1.807) is 46.4 Å². The van der Waals surface area contributed by atoms with Gasteiger partial charge in [0.2, 0.25) is 11.8 Å². The second-order valence-corrected chi connectivity index (χ2v) is 15.3. The molecule has 0 fully saturated rings. The van der Waals surface area contributed by atoms with Crippen LogP contribution in [0.15, 0.2) is 48.5 Å². The number of esters is 1. The molecule has 0 aliphatic carbocycles. The zero-order valence-corrected chi connectivity index (χ0v) is 31.8. The Morgan fingerprint density at radius 1 is 0.755 bits per heavy atom. The van der Waals surface area contributed by atoms with Crippen LogP contribution in [0.2, 0.25) is 0 Å². The Hall–Kier alpha value is -3.88. The minimum absolute atomic E-state index is 0.209. The van der Waals surface area contributed by atoms with Crippen molar-refractivity contribution in [2.24, 2.45) is 5.92 Å². The minimum Gasteiger partial charge on any atom is -0.458 e. The van der Waals surface area contributed by atoms with Gasteiger partial charge >= 0.3 is 12.1 Å². The van der Waals surface area contributed by atoms with Crippen LogP contribution in [0.25, 0.3) is 0 Å². The molecule has 0 spiro atoms. The van der Waals surface area contributed by atoms with Gasteiger partial charge in [0.25, 0.3) is 0 Å². The lowest BCUT2D eigenvalue weighted by atomic mass is 9.92. The monoisotopic (exact) mass is 679 g/mol. The number of rotatable bonds is 16. The number of ether oxygens (including phenoxy) is 2. The van der Waals surface area contributed by atoms with Crippen molar-refractivity contribution in [2.75, 3.05) is 6.54 Å². The lowest BCUT2D eigenvalue weighted by Gasteiger charge is -2.37. The summed E-state index contributed by atoms with van der Waals surface area (Å²) in [6, 6.07) is 12.1. The summed E-state index contributed by atoms with van der Waals surface area (Å²) in [6.45, 7) is 20.6. The van der Waals surface area contributed by atoms with Crippen molar-refractivity contribution >= 4 is 23.9 Å².